The van der Waals surface area contributed by atoms with Crippen LogP contribution in [0.25, 0.3) is 0 Å². The summed E-state index contributed by atoms with van der Waals surface area (Å²) < 4.78 is 24.3. The molecule has 0 radical (unpaired) electrons. The van der Waals surface area contributed by atoms with E-state index >= 15 is 0 Å². The van der Waals surface area contributed by atoms with Gasteiger partial charge in [0, 0.05) is 16.0 Å². The third-order valence-corrected chi connectivity index (χ3v) is 8.44. The van der Waals surface area contributed by atoms with Crippen molar-refractivity contribution in [2.24, 2.45) is 4.99 Å². The predicted molar refractivity (Wildman–Crippen MR) is 115 cm³/mol. The van der Waals surface area contributed by atoms with Gasteiger partial charge in [-0.15, -0.1) is 0 Å². The van der Waals surface area contributed by atoms with Crippen LogP contribution in [0.5, 0.6) is 0 Å². The van der Waals surface area contributed by atoms with E-state index in [-0.39, 0.29) is 35.1 Å². The minimum Gasteiger partial charge on any atom is -0.316 e. The maximum absolute atomic E-state index is 12.6. The molecule has 28 heavy (non-hydrogen) atoms. The van der Waals surface area contributed by atoms with Crippen LogP contribution in [0.4, 0.5) is 5.69 Å². The summed E-state index contributed by atoms with van der Waals surface area (Å²) >= 11 is 7.53. The summed E-state index contributed by atoms with van der Waals surface area (Å²) in [6, 6.07) is 14.8. The molecular weight excluding hydrogens is 416 g/mol. The van der Waals surface area contributed by atoms with Gasteiger partial charge in [0.25, 0.3) is 5.91 Å². The Morgan fingerprint density at radius 2 is 2.00 bits per heavy atom. The Morgan fingerprint density at radius 1 is 1.21 bits per heavy atom. The number of fused-ring (bicyclic) bond motifs is 1. The average molecular weight is 435 g/mol. The van der Waals surface area contributed by atoms with Gasteiger partial charge in [0.2, 0.25) is 0 Å². The second-order valence-electron chi connectivity index (χ2n) is 7.07. The molecule has 5 nitrogen and oxygen atoms in total. The first kappa shape index (κ1) is 19.5. The SMILES string of the molecule is Cc1cccc(N2C(=NC(=O)Cc3ccccc3Cl)SC3CS(=O)(=O)CC32)c1. The molecule has 4 rings (SSSR count). The van der Waals surface area contributed by atoms with E-state index in [4.69, 9.17) is 11.6 Å². The van der Waals surface area contributed by atoms with E-state index in [1.807, 2.05) is 54.3 Å². The molecule has 8 heteroatoms. The molecule has 2 aromatic rings. The third kappa shape index (κ3) is 3.97. The lowest BCUT2D eigenvalue weighted by Crippen LogP contribution is -2.37. The Hall–Kier alpha value is -1.83. The second kappa shape index (κ2) is 7.54. The molecule has 2 atom stereocenters. The minimum absolute atomic E-state index is 0.0797. The summed E-state index contributed by atoms with van der Waals surface area (Å²) in [6.45, 7) is 1.98. The molecule has 0 aromatic heterocycles. The van der Waals surface area contributed by atoms with E-state index in [1.165, 1.54) is 11.8 Å². The summed E-state index contributed by atoms with van der Waals surface area (Å²) in [6.07, 6.45) is 0.110. The highest BCUT2D eigenvalue weighted by Crippen LogP contribution is 2.41. The number of hydrogen-bond donors (Lipinski definition) is 0. The third-order valence-electron chi connectivity index (χ3n) is 4.87. The van der Waals surface area contributed by atoms with Crippen LogP contribution in [0.1, 0.15) is 11.1 Å². The number of carbonyl (C=O) groups excluding carboxylic acids is 1. The van der Waals surface area contributed by atoms with E-state index in [9.17, 15) is 13.2 Å². The number of thioether (sulfide) groups is 1. The molecule has 0 bridgehead atoms. The quantitative estimate of drug-likeness (QED) is 0.739. The van der Waals surface area contributed by atoms with Gasteiger partial charge in [-0.1, -0.05) is 53.7 Å². The maximum atomic E-state index is 12.6. The largest absolute Gasteiger partial charge is 0.316 e. The van der Waals surface area contributed by atoms with Crippen molar-refractivity contribution < 1.29 is 13.2 Å². The lowest BCUT2D eigenvalue weighted by atomic mass is 10.1. The fourth-order valence-electron chi connectivity index (χ4n) is 3.60. The van der Waals surface area contributed by atoms with Crippen LogP contribution in [0.3, 0.4) is 0 Å². The van der Waals surface area contributed by atoms with Crippen LogP contribution in [0.2, 0.25) is 5.02 Å². The smallest absolute Gasteiger partial charge is 0.252 e. The number of anilines is 1. The number of sulfone groups is 1. The first-order valence-corrected chi connectivity index (χ1v) is 12.0. The van der Waals surface area contributed by atoms with Crippen molar-refractivity contribution in [3.8, 4) is 0 Å². The molecule has 146 valence electrons. The first-order valence-electron chi connectivity index (χ1n) is 8.90. The van der Waals surface area contributed by atoms with E-state index in [1.54, 1.807) is 6.07 Å². The molecule has 0 N–H and O–H groups in total. The number of rotatable bonds is 3. The van der Waals surface area contributed by atoms with Crippen LogP contribution in [0.15, 0.2) is 53.5 Å². The maximum Gasteiger partial charge on any atom is 0.252 e. The van der Waals surface area contributed by atoms with Crippen molar-refractivity contribution in [3.63, 3.8) is 0 Å². The molecule has 1 amide bonds. The molecule has 0 spiro atoms. The number of benzene rings is 2. The lowest BCUT2D eigenvalue weighted by molar-refractivity contribution is -0.117. The van der Waals surface area contributed by atoms with Crippen molar-refractivity contribution in [3.05, 3.63) is 64.7 Å². The molecular formula is C20H19ClN2O3S2. The molecule has 2 aliphatic rings. The fourth-order valence-corrected chi connectivity index (χ4v) is 7.73. The molecule has 0 saturated carbocycles. The van der Waals surface area contributed by atoms with Gasteiger partial charge in [-0.2, -0.15) is 4.99 Å². The number of aliphatic imine (C=N–C) groups is 1. The topological polar surface area (TPSA) is 66.8 Å². The van der Waals surface area contributed by atoms with Crippen LogP contribution < -0.4 is 4.90 Å². The molecule has 0 aliphatic carbocycles. The number of carbonyl (C=O) groups is 1. The number of aryl methyl sites for hydroxylation is 1. The zero-order valence-electron chi connectivity index (χ0n) is 15.2. The Balaban J connectivity index is 1.66. The summed E-state index contributed by atoms with van der Waals surface area (Å²) in [4.78, 5) is 18.9. The Bertz CT molecular complexity index is 1070. The number of amidine groups is 1. The molecule has 2 fully saturated rings. The lowest BCUT2D eigenvalue weighted by Gasteiger charge is -2.24. The van der Waals surface area contributed by atoms with Crippen molar-refractivity contribution in [1.82, 2.24) is 0 Å². The highest BCUT2D eigenvalue weighted by Gasteiger charge is 2.49. The second-order valence-corrected chi connectivity index (χ2v) is 10.8. The Labute approximate surface area is 173 Å². The van der Waals surface area contributed by atoms with Gasteiger partial charge in [-0.05, 0) is 36.2 Å². The fraction of sp³-hybridized carbons (Fsp3) is 0.300. The number of hydrogen-bond acceptors (Lipinski definition) is 4. The van der Waals surface area contributed by atoms with Crippen LogP contribution in [-0.4, -0.2) is 42.3 Å². The average Bonchev–Trinajstić information content (AvgIpc) is 3.07. The van der Waals surface area contributed by atoms with Crippen LogP contribution in [-0.2, 0) is 21.1 Å². The summed E-state index contributed by atoms with van der Waals surface area (Å²) in [5.74, 6) is -0.102. The van der Waals surface area contributed by atoms with E-state index in [2.05, 4.69) is 4.99 Å². The summed E-state index contributed by atoms with van der Waals surface area (Å²) in [5, 5.41) is 0.985. The molecule has 2 heterocycles. The zero-order chi connectivity index (χ0) is 19.9. The van der Waals surface area contributed by atoms with E-state index in [0.29, 0.717) is 10.2 Å². The van der Waals surface area contributed by atoms with Gasteiger partial charge in [0.05, 0.1) is 24.0 Å². The monoisotopic (exact) mass is 434 g/mol. The molecule has 2 saturated heterocycles. The summed E-state index contributed by atoms with van der Waals surface area (Å²) in [7, 11) is -3.08. The number of halogens is 1. The Kier molecular flexibility index (Phi) is 5.24. The van der Waals surface area contributed by atoms with Gasteiger partial charge < -0.3 is 4.90 Å². The highest BCUT2D eigenvalue weighted by molar-refractivity contribution is 8.16. The number of nitrogens with zero attached hydrogens (tertiary/aromatic N) is 2. The molecule has 2 unspecified atom stereocenters. The van der Waals surface area contributed by atoms with Gasteiger partial charge in [-0.25, -0.2) is 8.42 Å². The molecule has 2 aromatic carbocycles. The minimum atomic E-state index is -3.08. The van der Waals surface area contributed by atoms with Crippen molar-refractivity contribution in [2.75, 3.05) is 16.4 Å². The number of amides is 1. The Morgan fingerprint density at radius 3 is 2.75 bits per heavy atom. The van der Waals surface area contributed by atoms with Crippen molar-refractivity contribution >= 4 is 50.0 Å². The van der Waals surface area contributed by atoms with E-state index < -0.39 is 9.84 Å². The predicted octanol–water partition coefficient (Wildman–Crippen LogP) is 3.49. The van der Waals surface area contributed by atoms with E-state index in [0.717, 1.165) is 16.8 Å². The highest BCUT2D eigenvalue weighted by atomic mass is 35.5. The van der Waals surface area contributed by atoms with Gasteiger partial charge in [-0.3, -0.25) is 4.79 Å². The normalized spacial score (nSPS) is 24.5. The van der Waals surface area contributed by atoms with Crippen LogP contribution in [0, 0.1) is 6.92 Å². The van der Waals surface area contributed by atoms with Gasteiger partial charge in [0.15, 0.2) is 15.0 Å². The first-order chi connectivity index (χ1) is 13.3. The molecule has 2 aliphatic heterocycles. The van der Waals surface area contributed by atoms with Gasteiger partial charge in [0.1, 0.15) is 0 Å². The standard InChI is InChI=1S/C20H19ClN2O3S2/c1-13-5-4-7-15(9-13)23-17-11-28(25,26)12-18(17)27-20(23)22-19(24)10-14-6-2-3-8-16(14)21/h2-9,17-18H,10-12H2,1H3. The van der Waals surface area contributed by atoms with Crippen molar-refractivity contribution in [1.29, 1.82) is 0 Å². The van der Waals surface area contributed by atoms with Gasteiger partial charge >= 0.3 is 0 Å². The van der Waals surface area contributed by atoms with Crippen molar-refractivity contribution in [2.45, 2.75) is 24.6 Å². The summed E-state index contributed by atoms with van der Waals surface area (Å²) in [5.41, 5.74) is 2.65. The van der Waals surface area contributed by atoms with Crippen LogP contribution >= 0.6 is 23.4 Å². The zero-order valence-corrected chi connectivity index (χ0v) is 17.6.